The number of non-ortho nitro benzene ring substituents is 1. The van der Waals surface area contributed by atoms with Crippen LogP contribution in [0.25, 0.3) is 0 Å². The topological polar surface area (TPSA) is 113 Å². The molecule has 8 nitrogen and oxygen atoms in total. The molecule has 130 valence electrons. The summed E-state index contributed by atoms with van der Waals surface area (Å²) >= 11 is 1.27. The van der Waals surface area contributed by atoms with Crippen LogP contribution in [0.1, 0.15) is 35.3 Å². The first-order chi connectivity index (χ1) is 11.8. The van der Waals surface area contributed by atoms with Crippen LogP contribution in [0.2, 0.25) is 0 Å². The van der Waals surface area contributed by atoms with Crippen molar-refractivity contribution in [3.8, 4) is 0 Å². The van der Waals surface area contributed by atoms with E-state index in [0.29, 0.717) is 4.88 Å². The van der Waals surface area contributed by atoms with Gasteiger partial charge in [-0.3, -0.25) is 14.9 Å². The van der Waals surface area contributed by atoms with Gasteiger partial charge in [-0.2, -0.15) is 0 Å². The summed E-state index contributed by atoms with van der Waals surface area (Å²) in [5.41, 5.74) is -0.844. The number of ether oxygens (including phenoxy) is 2. The summed E-state index contributed by atoms with van der Waals surface area (Å²) in [5.74, 6) is -2.16. The number of rotatable bonds is 6. The highest BCUT2D eigenvalue weighted by Gasteiger charge is 2.20. The molecule has 0 aliphatic heterocycles. The van der Waals surface area contributed by atoms with Crippen molar-refractivity contribution in [2.75, 3.05) is 13.7 Å². The van der Waals surface area contributed by atoms with Crippen molar-refractivity contribution < 1.29 is 28.8 Å². The van der Waals surface area contributed by atoms with Gasteiger partial charge in [0.2, 0.25) is 5.78 Å². The molecule has 0 fully saturated rings. The second-order valence-electron chi connectivity index (χ2n) is 4.93. The molecule has 0 saturated heterocycles. The van der Waals surface area contributed by atoms with Crippen LogP contribution in [-0.2, 0) is 9.47 Å². The van der Waals surface area contributed by atoms with Crippen molar-refractivity contribution in [1.82, 2.24) is 0 Å². The largest absolute Gasteiger partial charge is 0.465 e. The van der Waals surface area contributed by atoms with E-state index in [1.165, 1.54) is 11.3 Å². The SMILES string of the molecule is COC(=O)c1cc(C(=O)OCC(=O)c2ccc(C)s2)cc([N+](=O)[O-])c1. The molecule has 0 spiro atoms. The Morgan fingerprint density at radius 1 is 1.12 bits per heavy atom. The minimum Gasteiger partial charge on any atom is -0.465 e. The molecule has 1 heterocycles. The van der Waals surface area contributed by atoms with Crippen LogP contribution < -0.4 is 0 Å². The standard InChI is InChI=1S/C16H13NO7S/c1-9-3-4-14(25-9)13(18)8-24-16(20)11-5-10(15(19)23-2)6-12(7-11)17(21)22/h3-7H,8H2,1-2H3. The summed E-state index contributed by atoms with van der Waals surface area (Å²) in [6.45, 7) is 1.33. The number of hydrogen-bond donors (Lipinski definition) is 0. The number of esters is 2. The van der Waals surface area contributed by atoms with E-state index >= 15 is 0 Å². The van der Waals surface area contributed by atoms with Crippen LogP contribution >= 0.6 is 11.3 Å². The fraction of sp³-hybridized carbons (Fsp3) is 0.188. The third-order valence-corrected chi connectivity index (χ3v) is 4.18. The van der Waals surface area contributed by atoms with E-state index in [9.17, 15) is 24.5 Å². The Kier molecular flexibility index (Phi) is 5.60. The number of carbonyl (C=O) groups is 3. The molecule has 0 atom stereocenters. The Bertz CT molecular complexity index is 856. The lowest BCUT2D eigenvalue weighted by molar-refractivity contribution is -0.384. The summed E-state index contributed by atoms with van der Waals surface area (Å²) in [5, 5.41) is 10.9. The van der Waals surface area contributed by atoms with Crippen molar-refractivity contribution in [1.29, 1.82) is 0 Å². The Labute approximate surface area is 146 Å². The number of nitro benzene ring substituents is 1. The van der Waals surface area contributed by atoms with Crippen LogP contribution in [0.15, 0.2) is 30.3 Å². The quantitative estimate of drug-likeness (QED) is 0.335. The third-order valence-electron chi connectivity index (χ3n) is 3.13. The highest BCUT2D eigenvalue weighted by Crippen LogP contribution is 2.20. The normalized spacial score (nSPS) is 10.2. The van der Waals surface area contributed by atoms with Gasteiger partial charge < -0.3 is 9.47 Å². The highest BCUT2D eigenvalue weighted by atomic mass is 32.1. The Morgan fingerprint density at radius 2 is 1.76 bits per heavy atom. The van der Waals surface area contributed by atoms with Gasteiger partial charge in [-0.1, -0.05) is 0 Å². The summed E-state index contributed by atoms with van der Waals surface area (Å²) in [7, 11) is 1.11. The van der Waals surface area contributed by atoms with E-state index in [-0.39, 0.29) is 16.9 Å². The van der Waals surface area contributed by atoms with E-state index in [2.05, 4.69) is 4.74 Å². The molecule has 0 saturated carbocycles. The highest BCUT2D eigenvalue weighted by molar-refractivity contribution is 7.14. The van der Waals surface area contributed by atoms with Gasteiger partial charge in [-0.15, -0.1) is 11.3 Å². The predicted octanol–water partition coefficient (Wildman–Crippen LogP) is 2.79. The first kappa shape index (κ1) is 18.3. The number of hydrogen-bond acceptors (Lipinski definition) is 8. The van der Waals surface area contributed by atoms with Gasteiger partial charge in [0.05, 0.1) is 28.0 Å². The van der Waals surface area contributed by atoms with Gasteiger partial charge in [0.15, 0.2) is 6.61 Å². The maximum absolute atomic E-state index is 12.1. The molecule has 9 heteroatoms. The van der Waals surface area contributed by atoms with E-state index in [1.807, 2.05) is 6.92 Å². The van der Waals surface area contributed by atoms with E-state index < -0.39 is 29.2 Å². The number of nitrogens with zero attached hydrogens (tertiary/aromatic N) is 1. The van der Waals surface area contributed by atoms with Crippen LogP contribution in [0.5, 0.6) is 0 Å². The van der Waals surface area contributed by atoms with E-state index in [4.69, 9.17) is 4.74 Å². The Hall–Kier alpha value is -3.07. The van der Waals surface area contributed by atoms with Gasteiger partial charge >= 0.3 is 11.9 Å². The zero-order chi connectivity index (χ0) is 18.6. The van der Waals surface area contributed by atoms with Gasteiger partial charge in [-0.05, 0) is 25.1 Å². The fourth-order valence-electron chi connectivity index (χ4n) is 1.94. The Balaban J connectivity index is 2.17. The van der Waals surface area contributed by atoms with Crippen LogP contribution in [0, 0.1) is 17.0 Å². The minimum atomic E-state index is -0.949. The molecule has 2 aromatic rings. The smallest absolute Gasteiger partial charge is 0.338 e. The molecule has 1 aromatic heterocycles. The van der Waals surface area contributed by atoms with Gasteiger partial charge in [0.25, 0.3) is 5.69 Å². The number of ketones is 1. The van der Waals surface area contributed by atoms with Gasteiger partial charge in [0, 0.05) is 17.0 Å². The number of nitro groups is 1. The second kappa shape index (κ2) is 7.67. The van der Waals surface area contributed by atoms with E-state index in [1.54, 1.807) is 12.1 Å². The van der Waals surface area contributed by atoms with Crippen molar-refractivity contribution in [3.05, 3.63) is 61.3 Å². The third kappa shape index (κ3) is 4.48. The van der Waals surface area contributed by atoms with Crippen molar-refractivity contribution >= 4 is 34.7 Å². The lowest BCUT2D eigenvalue weighted by Crippen LogP contribution is -2.14. The number of thiophene rings is 1. The predicted molar refractivity (Wildman–Crippen MR) is 88.1 cm³/mol. The average molecular weight is 363 g/mol. The molecule has 25 heavy (non-hydrogen) atoms. The maximum Gasteiger partial charge on any atom is 0.338 e. The van der Waals surface area contributed by atoms with Crippen molar-refractivity contribution in [3.63, 3.8) is 0 Å². The molecule has 0 unspecified atom stereocenters. The molecule has 0 radical (unpaired) electrons. The minimum absolute atomic E-state index is 0.163. The zero-order valence-corrected chi connectivity index (χ0v) is 14.1. The van der Waals surface area contributed by atoms with Crippen LogP contribution in [-0.4, -0.2) is 36.4 Å². The number of carbonyl (C=O) groups excluding carboxylic acids is 3. The summed E-state index contributed by atoms with van der Waals surface area (Å²) in [6.07, 6.45) is 0. The number of Topliss-reactive ketones (excluding diaryl/α,β-unsaturated/α-hetero) is 1. The zero-order valence-electron chi connectivity index (χ0n) is 13.3. The number of methoxy groups -OCH3 is 1. The van der Waals surface area contributed by atoms with Gasteiger partial charge in [-0.25, -0.2) is 9.59 Å². The lowest BCUT2D eigenvalue weighted by atomic mass is 10.1. The maximum atomic E-state index is 12.1. The van der Waals surface area contributed by atoms with Gasteiger partial charge in [0.1, 0.15) is 0 Å². The molecule has 1 aromatic carbocycles. The molecular weight excluding hydrogens is 350 g/mol. The summed E-state index contributed by atoms with van der Waals surface area (Å²) in [6, 6.07) is 6.46. The molecule has 2 rings (SSSR count). The number of benzene rings is 1. The summed E-state index contributed by atoms with van der Waals surface area (Å²) < 4.78 is 9.40. The monoisotopic (exact) mass is 363 g/mol. The number of aryl methyl sites for hydroxylation is 1. The molecule has 0 bridgehead atoms. The lowest BCUT2D eigenvalue weighted by Gasteiger charge is -2.05. The molecule has 0 N–H and O–H groups in total. The average Bonchev–Trinajstić information content (AvgIpc) is 3.04. The Morgan fingerprint density at radius 3 is 2.28 bits per heavy atom. The summed E-state index contributed by atoms with van der Waals surface area (Å²) in [4.78, 5) is 47.2. The first-order valence-corrected chi connectivity index (χ1v) is 7.78. The molecule has 0 aliphatic carbocycles. The molecular formula is C16H13NO7S. The molecule has 0 aliphatic rings. The van der Waals surface area contributed by atoms with E-state index in [0.717, 1.165) is 30.2 Å². The van der Waals surface area contributed by atoms with Crippen LogP contribution in [0.4, 0.5) is 5.69 Å². The first-order valence-electron chi connectivity index (χ1n) is 6.96. The van der Waals surface area contributed by atoms with Crippen molar-refractivity contribution in [2.24, 2.45) is 0 Å². The molecule has 0 amide bonds. The fourth-order valence-corrected chi connectivity index (χ4v) is 2.73. The second-order valence-corrected chi connectivity index (χ2v) is 6.21. The van der Waals surface area contributed by atoms with Crippen LogP contribution in [0.3, 0.4) is 0 Å². The van der Waals surface area contributed by atoms with Crippen molar-refractivity contribution in [2.45, 2.75) is 6.92 Å².